The maximum Gasteiger partial charge on any atom is 0.410 e. The summed E-state index contributed by atoms with van der Waals surface area (Å²) in [6.45, 7) is 5.98. The van der Waals surface area contributed by atoms with Gasteiger partial charge in [-0.25, -0.2) is 4.79 Å². The molecule has 5 nitrogen and oxygen atoms in total. The Morgan fingerprint density at radius 3 is 2.41 bits per heavy atom. The van der Waals surface area contributed by atoms with Crippen molar-refractivity contribution in [2.24, 2.45) is 0 Å². The molecule has 22 heavy (non-hydrogen) atoms. The summed E-state index contributed by atoms with van der Waals surface area (Å²) in [4.78, 5) is 24.7. The molecule has 1 aromatic carbocycles. The first kappa shape index (κ1) is 18.0. The second-order valence-electron chi connectivity index (χ2n) is 6.23. The van der Waals surface area contributed by atoms with E-state index in [1.807, 2.05) is 45.0 Å². The second-order valence-corrected chi connectivity index (χ2v) is 6.23. The molecule has 1 aromatic rings. The highest BCUT2D eigenvalue weighted by Gasteiger charge is 2.19. The Balaban J connectivity index is 2.62. The number of aryl methyl sites for hydroxylation is 1. The monoisotopic (exact) mass is 307 g/mol. The fourth-order valence-corrected chi connectivity index (χ4v) is 1.91. The lowest BCUT2D eigenvalue weighted by Crippen LogP contribution is -2.33. The van der Waals surface area contributed by atoms with Gasteiger partial charge in [-0.3, -0.25) is 4.79 Å². The van der Waals surface area contributed by atoms with Crippen LogP contribution in [0.15, 0.2) is 24.3 Å². The number of methoxy groups -OCH3 is 1. The third kappa shape index (κ3) is 6.61. The molecule has 0 saturated heterocycles. The predicted molar refractivity (Wildman–Crippen MR) is 84.5 cm³/mol. The molecule has 0 aromatic heterocycles. The van der Waals surface area contributed by atoms with Gasteiger partial charge in [-0.05, 0) is 38.3 Å². The molecule has 5 heteroatoms. The minimum Gasteiger partial charge on any atom is -0.469 e. The molecule has 0 aliphatic carbocycles. The maximum absolute atomic E-state index is 11.9. The first-order valence-electron chi connectivity index (χ1n) is 7.30. The summed E-state index contributed by atoms with van der Waals surface area (Å²) in [7, 11) is 3.09. The molecule has 122 valence electrons. The van der Waals surface area contributed by atoms with Crippen molar-refractivity contribution in [1.29, 1.82) is 0 Å². The predicted octanol–water partition coefficient (Wildman–Crippen LogP) is 3.16. The van der Waals surface area contributed by atoms with Crippen LogP contribution in [0.2, 0.25) is 0 Å². The molecule has 0 aliphatic heterocycles. The van der Waals surface area contributed by atoms with Crippen molar-refractivity contribution in [2.45, 2.75) is 45.8 Å². The van der Waals surface area contributed by atoms with Crippen molar-refractivity contribution < 1.29 is 19.1 Å². The van der Waals surface area contributed by atoms with Gasteiger partial charge in [0.1, 0.15) is 5.60 Å². The zero-order valence-electron chi connectivity index (χ0n) is 14.0. The van der Waals surface area contributed by atoms with E-state index in [0.29, 0.717) is 19.4 Å². The summed E-state index contributed by atoms with van der Waals surface area (Å²) in [5.41, 5.74) is 1.53. The van der Waals surface area contributed by atoms with Gasteiger partial charge in [0.05, 0.1) is 7.11 Å². The van der Waals surface area contributed by atoms with Crippen LogP contribution in [0.1, 0.15) is 38.3 Å². The lowest BCUT2D eigenvalue weighted by molar-refractivity contribution is -0.140. The smallest absolute Gasteiger partial charge is 0.410 e. The summed E-state index contributed by atoms with van der Waals surface area (Å²) in [5.74, 6) is -0.226. The Morgan fingerprint density at radius 2 is 1.82 bits per heavy atom. The Morgan fingerprint density at radius 1 is 1.18 bits per heavy atom. The molecule has 0 heterocycles. The number of hydrogen-bond acceptors (Lipinski definition) is 4. The number of benzene rings is 1. The van der Waals surface area contributed by atoms with Crippen LogP contribution in [-0.2, 0) is 27.2 Å². The Kier molecular flexibility index (Phi) is 6.40. The van der Waals surface area contributed by atoms with E-state index in [1.54, 1.807) is 7.05 Å². The summed E-state index contributed by atoms with van der Waals surface area (Å²) in [5, 5.41) is 0. The number of carbonyl (C=O) groups excluding carboxylic acids is 2. The lowest BCUT2D eigenvalue weighted by Gasteiger charge is -2.24. The molecule has 0 spiro atoms. The molecule has 0 bridgehead atoms. The van der Waals surface area contributed by atoms with Crippen molar-refractivity contribution in [1.82, 2.24) is 4.90 Å². The molecule has 1 amide bonds. The molecule has 1 rings (SSSR count). The summed E-state index contributed by atoms with van der Waals surface area (Å²) in [6.07, 6.45) is 0.617. The highest BCUT2D eigenvalue weighted by molar-refractivity contribution is 5.69. The number of hydrogen-bond donors (Lipinski definition) is 0. The van der Waals surface area contributed by atoms with Gasteiger partial charge in [0.15, 0.2) is 0 Å². The minimum atomic E-state index is -0.506. The highest BCUT2D eigenvalue weighted by atomic mass is 16.6. The van der Waals surface area contributed by atoms with E-state index in [2.05, 4.69) is 4.74 Å². The van der Waals surface area contributed by atoms with Gasteiger partial charge in [-0.1, -0.05) is 24.3 Å². The quantitative estimate of drug-likeness (QED) is 0.784. The SMILES string of the molecule is COC(=O)CCc1cccc(CN(C)C(=O)OC(C)(C)C)c1. The normalized spacial score (nSPS) is 11.0. The average Bonchev–Trinajstić information content (AvgIpc) is 2.43. The van der Waals surface area contributed by atoms with E-state index in [0.717, 1.165) is 11.1 Å². The molecular formula is C17H25NO4. The zero-order valence-corrected chi connectivity index (χ0v) is 14.0. The van der Waals surface area contributed by atoms with Crippen LogP contribution in [0.3, 0.4) is 0 Å². The number of carbonyl (C=O) groups is 2. The molecular weight excluding hydrogens is 282 g/mol. The fraction of sp³-hybridized carbons (Fsp3) is 0.529. The van der Waals surface area contributed by atoms with E-state index in [9.17, 15) is 9.59 Å². The van der Waals surface area contributed by atoms with Crippen LogP contribution >= 0.6 is 0 Å². The van der Waals surface area contributed by atoms with Crippen molar-refractivity contribution in [2.75, 3.05) is 14.2 Å². The standard InChI is InChI=1S/C17H25NO4/c1-17(2,3)22-16(20)18(4)12-14-8-6-7-13(11-14)9-10-15(19)21-5/h6-8,11H,9-10,12H2,1-5H3. The van der Waals surface area contributed by atoms with Crippen molar-refractivity contribution in [3.8, 4) is 0 Å². The Labute approximate surface area is 132 Å². The average molecular weight is 307 g/mol. The molecule has 0 atom stereocenters. The third-order valence-electron chi connectivity index (χ3n) is 2.96. The van der Waals surface area contributed by atoms with E-state index in [1.165, 1.54) is 12.0 Å². The van der Waals surface area contributed by atoms with E-state index in [4.69, 9.17) is 4.74 Å². The van der Waals surface area contributed by atoms with Gasteiger partial charge < -0.3 is 14.4 Å². The Hall–Kier alpha value is -2.04. The van der Waals surface area contributed by atoms with Gasteiger partial charge in [0.25, 0.3) is 0 Å². The summed E-state index contributed by atoms with van der Waals surface area (Å²) in [6, 6.07) is 7.82. The fourth-order valence-electron chi connectivity index (χ4n) is 1.91. The van der Waals surface area contributed by atoms with Gasteiger partial charge in [-0.15, -0.1) is 0 Å². The van der Waals surface area contributed by atoms with Crippen molar-refractivity contribution in [3.05, 3.63) is 35.4 Å². The highest BCUT2D eigenvalue weighted by Crippen LogP contribution is 2.13. The van der Waals surface area contributed by atoms with Crippen LogP contribution in [0.25, 0.3) is 0 Å². The number of rotatable bonds is 5. The van der Waals surface area contributed by atoms with Crippen LogP contribution < -0.4 is 0 Å². The van der Waals surface area contributed by atoms with E-state index >= 15 is 0 Å². The molecule has 0 unspecified atom stereocenters. The summed E-state index contributed by atoms with van der Waals surface area (Å²) < 4.78 is 9.96. The van der Waals surface area contributed by atoms with Crippen LogP contribution in [0.5, 0.6) is 0 Å². The first-order chi connectivity index (χ1) is 10.2. The molecule has 0 aliphatic rings. The van der Waals surface area contributed by atoms with Gasteiger partial charge in [0, 0.05) is 20.0 Å². The molecule has 0 radical (unpaired) electrons. The van der Waals surface area contributed by atoms with Crippen LogP contribution in [0.4, 0.5) is 4.79 Å². The largest absolute Gasteiger partial charge is 0.469 e. The number of esters is 1. The molecule has 0 saturated carbocycles. The topological polar surface area (TPSA) is 55.8 Å². The Bertz CT molecular complexity index is 520. The van der Waals surface area contributed by atoms with E-state index in [-0.39, 0.29) is 12.1 Å². The molecule has 0 fully saturated rings. The van der Waals surface area contributed by atoms with Gasteiger partial charge in [-0.2, -0.15) is 0 Å². The number of nitrogens with zero attached hydrogens (tertiary/aromatic N) is 1. The van der Waals surface area contributed by atoms with Crippen LogP contribution in [-0.4, -0.2) is 36.7 Å². The second kappa shape index (κ2) is 7.82. The lowest BCUT2D eigenvalue weighted by atomic mass is 10.1. The molecule has 0 N–H and O–H groups in total. The van der Waals surface area contributed by atoms with Crippen LogP contribution in [0, 0.1) is 0 Å². The van der Waals surface area contributed by atoms with Gasteiger partial charge >= 0.3 is 12.1 Å². The number of amides is 1. The van der Waals surface area contributed by atoms with Gasteiger partial charge in [0.2, 0.25) is 0 Å². The zero-order chi connectivity index (χ0) is 16.8. The van der Waals surface area contributed by atoms with Crippen molar-refractivity contribution >= 4 is 12.1 Å². The number of ether oxygens (including phenoxy) is 2. The van der Waals surface area contributed by atoms with Crippen molar-refractivity contribution in [3.63, 3.8) is 0 Å². The first-order valence-corrected chi connectivity index (χ1v) is 7.30. The maximum atomic E-state index is 11.9. The van der Waals surface area contributed by atoms with E-state index < -0.39 is 5.60 Å². The minimum absolute atomic E-state index is 0.226. The summed E-state index contributed by atoms with van der Waals surface area (Å²) >= 11 is 0. The third-order valence-corrected chi connectivity index (χ3v) is 2.96.